The van der Waals surface area contributed by atoms with Crippen LogP contribution in [0.5, 0.6) is 0 Å². The van der Waals surface area contributed by atoms with Crippen molar-refractivity contribution in [2.45, 2.75) is 12.4 Å². The number of carbonyl (C=O) groups excluding carboxylic acids is 1. The van der Waals surface area contributed by atoms with Gasteiger partial charge in [-0.15, -0.1) is 0 Å². The summed E-state index contributed by atoms with van der Waals surface area (Å²) in [5.41, 5.74) is 10.2. The van der Waals surface area contributed by atoms with Gasteiger partial charge in [-0.05, 0) is 18.2 Å². The molecular formula is C10H11ClN2O3. The molecule has 5 nitrogen and oxygen atoms in total. The van der Waals surface area contributed by atoms with Gasteiger partial charge in [0.05, 0.1) is 4.11 Å². The topological polar surface area (TPSA) is 106 Å². The van der Waals surface area contributed by atoms with Crippen LogP contribution in [0.2, 0.25) is 5.02 Å². The van der Waals surface area contributed by atoms with Gasteiger partial charge in [-0.1, -0.05) is 11.6 Å². The molecule has 0 aliphatic rings. The molecule has 1 aromatic rings. The predicted octanol–water partition coefficient (Wildman–Crippen LogP) is 0.907. The van der Waals surface area contributed by atoms with Crippen LogP contribution < -0.4 is 11.5 Å². The smallest absolute Gasteiger partial charge is 0.320 e. The Labute approximate surface area is 101 Å². The maximum absolute atomic E-state index is 11.8. The fourth-order valence-corrected chi connectivity index (χ4v) is 1.17. The highest BCUT2D eigenvalue weighted by Gasteiger charge is 2.18. The first kappa shape index (κ1) is 8.55. The van der Waals surface area contributed by atoms with Gasteiger partial charge < -0.3 is 16.6 Å². The number of aliphatic carboxylic acids is 1. The van der Waals surface area contributed by atoms with Crippen LogP contribution in [0.1, 0.15) is 20.9 Å². The highest BCUT2D eigenvalue weighted by atomic mass is 35.5. The average molecular weight is 246 g/mol. The van der Waals surface area contributed by atoms with Gasteiger partial charge in [0.2, 0.25) is 0 Å². The standard InChI is InChI=1S/C10H11ClN2O3/c11-5-1-2-6(7(12)3-5)9(14)4-8(13)10(15)16/h1-3,8H,4,12-13H2,(H,15,16)/i1D,3D,8D. The Morgan fingerprint density at radius 2 is 2.31 bits per heavy atom. The maximum atomic E-state index is 11.8. The molecule has 1 aromatic carbocycles. The number of anilines is 1. The number of Topliss-reactive ketones (excluding diaryl/α,β-unsaturated/α-hetero) is 1. The first-order valence-corrected chi connectivity index (χ1v) is 4.56. The van der Waals surface area contributed by atoms with Crippen molar-refractivity contribution < 1.29 is 18.8 Å². The molecule has 16 heavy (non-hydrogen) atoms. The Kier molecular flexibility index (Phi) is 2.65. The minimum atomic E-state index is -2.49. The number of rotatable bonds is 4. The van der Waals surface area contributed by atoms with Crippen molar-refractivity contribution in [3.8, 4) is 0 Å². The van der Waals surface area contributed by atoms with E-state index in [-0.39, 0.29) is 28.4 Å². The van der Waals surface area contributed by atoms with Crippen LogP contribution in [0.4, 0.5) is 5.69 Å². The summed E-state index contributed by atoms with van der Waals surface area (Å²) in [6, 6.07) is -2.14. The molecule has 1 rings (SSSR count). The lowest BCUT2D eigenvalue weighted by molar-refractivity contribution is -0.138. The summed E-state index contributed by atoms with van der Waals surface area (Å²) in [5, 5.41) is 8.46. The lowest BCUT2D eigenvalue weighted by Crippen LogP contribution is -2.32. The average Bonchev–Trinajstić information content (AvgIpc) is 2.30. The monoisotopic (exact) mass is 245 g/mol. The molecule has 0 aromatic heterocycles. The van der Waals surface area contributed by atoms with Gasteiger partial charge in [0.1, 0.15) is 6.02 Å². The quantitative estimate of drug-likeness (QED) is 0.540. The van der Waals surface area contributed by atoms with Gasteiger partial charge in [-0.25, -0.2) is 0 Å². The Bertz CT molecular complexity index is 563. The molecule has 0 amide bonds. The molecule has 0 aliphatic heterocycles. The number of benzene rings is 1. The second-order valence-corrected chi connectivity index (χ2v) is 3.36. The molecule has 0 spiro atoms. The van der Waals surface area contributed by atoms with Crippen molar-refractivity contribution in [2.75, 3.05) is 5.73 Å². The van der Waals surface area contributed by atoms with E-state index >= 15 is 0 Å². The van der Waals surface area contributed by atoms with Crippen LogP contribution in [0.3, 0.4) is 0 Å². The molecule has 0 aliphatic carbocycles. The van der Waals surface area contributed by atoms with Crippen molar-refractivity contribution in [1.82, 2.24) is 0 Å². The molecule has 0 saturated carbocycles. The summed E-state index contributed by atoms with van der Waals surface area (Å²) >= 11 is 5.62. The lowest BCUT2D eigenvalue weighted by atomic mass is 10.0. The van der Waals surface area contributed by atoms with Crippen LogP contribution in [-0.4, -0.2) is 22.9 Å². The third kappa shape index (κ3) is 2.95. The van der Waals surface area contributed by atoms with E-state index in [0.29, 0.717) is 0 Å². The zero-order valence-electron chi connectivity index (χ0n) is 11.1. The van der Waals surface area contributed by atoms with E-state index in [9.17, 15) is 9.59 Å². The summed E-state index contributed by atoms with van der Waals surface area (Å²) in [5.74, 6) is -2.50. The fourth-order valence-electron chi connectivity index (χ4n) is 1.01. The van der Waals surface area contributed by atoms with Crippen LogP contribution in [0.25, 0.3) is 0 Å². The summed E-state index contributed by atoms with van der Waals surface area (Å²) in [6.45, 7) is 0. The summed E-state index contributed by atoms with van der Waals surface area (Å²) in [7, 11) is 0. The predicted molar refractivity (Wildman–Crippen MR) is 60.4 cm³/mol. The number of ketones is 1. The van der Waals surface area contributed by atoms with Crippen LogP contribution in [0.15, 0.2) is 18.2 Å². The maximum Gasteiger partial charge on any atom is 0.320 e. The van der Waals surface area contributed by atoms with Crippen LogP contribution >= 0.6 is 11.6 Å². The number of nitrogens with two attached hydrogens (primary N) is 2. The molecule has 0 heterocycles. The lowest BCUT2D eigenvalue weighted by Gasteiger charge is -2.07. The SMILES string of the molecule is [2H]c1cc(C(=O)CC([2H])(N)C(=O)O)c(N)c([2H])c1Cl. The van der Waals surface area contributed by atoms with Gasteiger partial charge in [0.15, 0.2) is 5.78 Å². The molecule has 0 radical (unpaired) electrons. The molecule has 0 saturated heterocycles. The van der Waals surface area contributed by atoms with E-state index < -0.39 is 24.2 Å². The highest BCUT2D eigenvalue weighted by molar-refractivity contribution is 6.31. The number of halogens is 1. The van der Waals surface area contributed by atoms with Gasteiger partial charge in [0, 0.05) is 22.7 Å². The van der Waals surface area contributed by atoms with E-state index in [1.54, 1.807) is 0 Å². The van der Waals surface area contributed by atoms with Crippen molar-refractivity contribution in [3.63, 3.8) is 0 Å². The second-order valence-electron chi connectivity index (χ2n) is 2.99. The minimum absolute atomic E-state index is 0.211. The Morgan fingerprint density at radius 3 is 2.88 bits per heavy atom. The van der Waals surface area contributed by atoms with Crippen LogP contribution in [-0.2, 0) is 4.79 Å². The molecular weight excluding hydrogens is 232 g/mol. The molecule has 1 atom stereocenters. The highest BCUT2D eigenvalue weighted by Crippen LogP contribution is 2.19. The number of nitrogen functional groups attached to an aromatic ring is 1. The largest absolute Gasteiger partial charge is 0.480 e. The van der Waals surface area contributed by atoms with Gasteiger partial charge >= 0.3 is 5.97 Å². The first-order valence-electron chi connectivity index (χ1n) is 5.68. The second kappa shape index (κ2) is 4.96. The van der Waals surface area contributed by atoms with Gasteiger partial charge in [-0.3, -0.25) is 9.59 Å². The third-order valence-corrected chi connectivity index (χ3v) is 2.01. The van der Waals surface area contributed by atoms with Crippen molar-refractivity contribution in [2.24, 2.45) is 5.73 Å². The first-order chi connectivity index (χ1) is 8.58. The Hall–Kier alpha value is -1.59. The molecule has 0 bridgehead atoms. The number of hydrogen-bond acceptors (Lipinski definition) is 4. The number of hydrogen-bond donors (Lipinski definition) is 3. The molecule has 6 heteroatoms. The van der Waals surface area contributed by atoms with E-state index in [2.05, 4.69) is 0 Å². The van der Waals surface area contributed by atoms with Gasteiger partial charge in [0.25, 0.3) is 0 Å². The van der Waals surface area contributed by atoms with Crippen molar-refractivity contribution >= 4 is 29.0 Å². The molecule has 0 fully saturated rings. The summed E-state index contributed by atoms with van der Waals surface area (Å²) in [6.07, 6.45) is -0.826. The van der Waals surface area contributed by atoms with E-state index in [4.69, 9.17) is 32.3 Å². The zero-order chi connectivity index (χ0) is 15.0. The normalized spacial score (nSPS) is 16.8. The number of carboxylic acid groups (broad SMARTS) is 1. The number of carboxylic acids is 1. The molecule has 86 valence electrons. The zero-order valence-corrected chi connectivity index (χ0v) is 8.84. The Balaban J connectivity index is 3.19. The van der Waals surface area contributed by atoms with E-state index in [0.717, 1.165) is 6.07 Å². The van der Waals surface area contributed by atoms with Crippen molar-refractivity contribution in [3.05, 3.63) is 28.7 Å². The van der Waals surface area contributed by atoms with Crippen LogP contribution in [0, 0.1) is 0 Å². The molecule has 1 unspecified atom stereocenters. The minimum Gasteiger partial charge on any atom is -0.480 e. The molecule has 5 N–H and O–H groups in total. The summed E-state index contributed by atoms with van der Waals surface area (Å²) < 4.78 is 22.2. The van der Waals surface area contributed by atoms with E-state index in [1.165, 1.54) is 0 Å². The van der Waals surface area contributed by atoms with E-state index in [1.807, 2.05) is 0 Å². The Morgan fingerprint density at radius 1 is 1.69 bits per heavy atom. The summed E-state index contributed by atoms with van der Waals surface area (Å²) in [4.78, 5) is 22.5. The fraction of sp³-hybridized carbons (Fsp3) is 0.200. The third-order valence-electron chi connectivity index (χ3n) is 1.80. The van der Waals surface area contributed by atoms with Crippen molar-refractivity contribution in [1.29, 1.82) is 0 Å². The number of carbonyl (C=O) groups is 2. The van der Waals surface area contributed by atoms with Gasteiger partial charge in [-0.2, -0.15) is 0 Å².